The number of hydrogen-bond donors (Lipinski definition) is 2. The Balaban J connectivity index is 3.93. The van der Waals surface area contributed by atoms with E-state index in [4.69, 9.17) is 10.5 Å². The first-order valence-corrected chi connectivity index (χ1v) is 13.1. The highest BCUT2D eigenvalue weighted by molar-refractivity contribution is 5.84. The van der Waals surface area contributed by atoms with Gasteiger partial charge in [0.2, 0.25) is 5.91 Å². The summed E-state index contributed by atoms with van der Waals surface area (Å²) in [5.41, 5.74) is 5.64. The number of hydrogen-bond acceptors (Lipinski definition) is 6. The largest absolute Gasteiger partial charge is 0.468 e. The lowest BCUT2D eigenvalue weighted by atomic mass is 10.2. The summed E-state index contributed by atoms with van der Waals surface area (Å²) in [5, 5.41) is 2.59. The number of methoxy groups -OCH3 is 1. The third-order valence-corrected chi connectivity index (χ3v) is 5.15. The molecule has 1 amide bonds. The predicted octanol–water partition coefficient (Wildman–Crippen LogP) is 5.40. The van der Waals surface area contributed by atoms with Crippen molar-refractivity contribution < 1.29 is 23.9 Å². The van der Waals surface area contributed by atoms with Crippen molar-refractivity contribution in [1.29, 1.82) is 0 Å². The maximum atomic E-state index is 12.1. The number of nitrogens with one attached hydrogen (secondary N) is 1. The molecule has 0 spiro atoms. The zero-order chi connectivity index (χ0) is 27.7. The first-order valence-electron chi connectivity index (χ1n) is 13.1. The summed E-state index contributed by atoms with van der Waals surface area (Å²) in [6.45, 7) is 5.16. The molecule has 3 atom stereocenters. The van der Waals surface area contributed by atoms with E-state index in [9.17, 15) is 14.4 Å². The Morgan fingerprint density at radius 3 is 1.59 bits per heavy atom. The fourth-order valence-electron chi connectivity index (χ4n) is 2.91. The summed E-state index contributed by atoms with van der Waals surface area (Å²) in [6.07, 6.45) is 31.2. The molecule has 0 saturated carbocycles. The molecule has 0 aromatic heterocycles. The van der Waals surface area contributed by atoms with E-state index in [0.29, 0.717) is 6.42 Å². The minimum atomic E-state index is -1.08. The highest BCUT2D eigenvalue weighted by Crippen LogP contribution is 2.03. The molecule has 0 aliphatic rings. The van der Waals surface area contributed by atoms with E-state index >= 15 is 0 Å². The van der Waals surface area contributed by atoms with Crippen molar-refractivity contribution in [2.45, 2.75) is 90.3 Å². The van der Waals surface area contributed by atoms with Crippen molar-refractivity contribution in [1.82, 2.24) is 5.32 Å². The molecule has 0 rings (SSSR count). The van der Waals surface area contributed by atoms with Crippen molar-refractivity contribution in [2.75, 3.05) is 7.11 Å². The first kappa shape index (κ1) is 33.8. The Morgan fingerprint density at radius 1 is 0.730 bits per heavy atom. The molecule has 0 radical (unpaired) electrons. The third kappa shape index (κ3) is 19.7. The van der Waals surface area contributed by atoms with Gasteiger partial charge in [-0.15, -0.1) is 0 Å². The Morgan fingerprint density at radius 2 is 1.16 bits per heavy atom. The number of ether oxygens (including phenoxy) is 2. The Kier molecular flexibility index (Phi) is 21.2. The SMILES string of the molecule is CC/C=C\C/C=C\C/C=C\C/C=C\C/C=C\C/C=C\CCC(=O)N[C@@H](C)C(=O)OC(C)C(N)C(=O)OC. The molecule has 0 aromatic rings. The number of carbonyl (C=O) groups excluding carboxylic acids is 3. The van der Waals surface area contributed by atoms with Crippen molar-refractivity contribution in [3.8, 4) is 0 Å². The summed E-state index contributed by atoms with van der Waals surface area (Å²) >= 11 is 0. The average molecular weight is 515 g/mol. The smallest absolute Gasteiger partial charge is 0.328 e. The Bertz CT molecular complexity index is 824. The van der Waals surface area contributed by atoms with E-state index < -0.39 is 30.1 Å². The van der Waals surface area contributed by atoms with Crippen LogP contribution in [0.2, 0.25) is 0 Å². The second-order valence-electron chi connectivity index (χ2n) is 8.43. The summed E-state index contributed by atoms with van der Waals surface area (Å²) in [7, 11) is 1.21. The van der Waals surface area contributed by atoms with E-state index in [1.54, 1.807) is 0 Å². The molecule has 0 aromatic carbocycles. The van der Waals surface area contributed by atoms with Gasteiger partial charge in [0.1, 0.15) is 18.2 Å². The molecule has 0 fully saturated rings. The third-order valence-electron chi connectivity index (χ3n) is 5.15. The minimum absolute atomic E-state index is 0.256. The Hall–Kier alpha value is -3.19. The van der Waals surface area contributed by atoms with Gasteiger partial charge in [-0.05, 0) is 58.8 Å². The maximum absolute atomic E-state index is 12.1. The number of nitrogens with two attached hydrogens (primary N) is 1. The van der Waals surface area contributed by atoms with E-state index in [0.717, 1.165) is 38.5 Å². The average Bonchev–Trinajstić information content (AvgIpc) is 2.88. The van der Waals surface area contributed by atoms with Gasteiger partial charge in [0.15, 0.2) is 0 Å². The van der Waals surface area contributed by atoms with Crippen molar-refractivity contribution >= 4 is 17.8 Å². The van der Waals surface area contributed by atoms with Crippen LogP contribution < -0.4 is 11.1 Å². The van der Waals surface area contributed by atoms with Crippen LogP contribution in [-0.4, -0.2) is 43.1 Å². The van der Waals surface area contributed by atoms with Gasteiger partial charge in [0, 0.05) is 6.42 Å². The van der Waals surface area contributed by atoms with Crippen LogP contribution in [-0.2, 0) is 23.9 Å². The fourth-order valence-corrected chi connectivity index (χ4v) is 2.91. The van der Waals surface area contributed by atoms with Gasteiger partial charge in [0.05, 0.1) is 7.11 Å². The summed E-state index contributed by atoms with van der Waals surface area (Å²) in [5.74, 6) is -1.59. The molecule has 0 heterocycles. The molecule has 0 bridgehead atoms. The number of esters is 2. The van der Waals surface area contributed by atoms with Gasteiger partial charge < -0.3 is 20.5 Å². The highest BCUT2D eigenvalue weighted by atomic mass is 16.6. The number of allylic oxidation sites excluding steroid dienone is 12. The van der Waals surface area contributed by atoms with Gasteiger partial charge in [0.25, 0.3) is 0 Å². The molecule has 0 aliphatic heterocycles. The fraction of sp³-hybridized carbons (Fsp3) is 0.500. The highest BCUT2D eigenvalue weighted by Gasteiger charge is 2.27. The van der Waals surface area contributed by atoms with Gasteiger partial charge in [-0.2, -0.15) is 0 Å². The summed E-state index contributed by atoms with van der Waals surface area (Å²) in [4.78, 5) is 35.5. The lowest BCUT2D eigenvalue weighted by molar-refractivity contribution is -0.157. The van der Waals surface area contributed by atoms with Crippen molar-refractivity contribution in [3.05, 3.63) is 72.9 Å². The molecule has 7 heteroatoms. The molecule has 0 aliphatic carbocycles. The topological polar surface area (TPSA) is 108 Å². The van der Waals surface area contributed by atoms with Gasteiger partial charge >= 0.3 is 11.9 Å². The summed E-state index contributed by atoms with van der Waals surface area (Å²) < 4.78 is 9.65. The van der Waals surface area contributed by atoms with Crippen molar-refractivity contribution in [2.24, 2.45) is 5.73 Å². The van der Waals surface area contributed by atoms with E-state index in [2.05, 4.69) is 77.7 Å². The van der Waals surface area contributed by atoms with Crippen LogP contribution in [0.3, 0.4) is 0 Å². The predicted molar refractivity (Wildman–Crippen MR) is 151 cm³/mol. The maximum Gasteiger partial charge on any atom is 0.328 e. The van der Waals surface area contributed by atoms with Gasteiger partial charge in [-0.25, -0.2) is 4.79 Å². The molecule has 3 N–H and O–H groups in total. The molecule has 206 valence electrons. The van der Waals surface area contributed by atoms with E-state index in [-0.39, 0.29) is 12.3 Å². The second-order valence-corrected chi connectivity index (χ2v) is 8.43. The van der Waals surface area contributed by atoms with Crippen molar-refractivity contribution in [3.63, 3.8) is 0 Å². The molecular formula is C30H46N2O5. The van der Waals surface area contributed by atoms with Crippen LogP contribution in [0, 0.1) is 0 Å². The van der Waals surface area contributed by atoms with Gasteiger partial charge in [-0.3, -0.25) is 9.59 Å². The minimum Gasteiger partial charge on any atom is -0.468 e. The monoisotopic (exact) mass is 514 g/mol. The molecular weight excluding hydrogens is 468 g/mol. The zero-order valence-corrected chi connectivity index (χ0v) is 22.9. The standard InChI is InChI=1S/C30H46N2O5/c1-5-6-7-8-9-10-11-12-13-14-15-16-17-18-19-20-21-22-23-24-27(33)32-25(2)29(34)37-26(3)28(31)30(35)36-4/h6-7,9-10,12-13,15-16,18-19,21-22,25-26,28H,5,8,11,14,17,20,23-24,31H2,1-4H3,(H,32,33)/b7-6-,10-9-,13-12-,16-15-,19-18-,22-21-/t25-,26?,28?/m0/s1. The molecule has 7 nitrogen and oxygen atoms in total. The molecule has 2 unspecified atom stereocenters. The zero-order valence-electron chi connectivity index (χ0n) is 22.9. The normalized spacial score (nSPS) is 14.8. The first-order chi connectivity index (χ1) is 17.8. The molecule has 37 heavy (non-hydrogen) atoms. The van der Waals surface area contributed by atoms with E-state index in [1.165, 1.54) is 21.0 Å². The lowest BCUT2D eigenvalue weighted by Crippen LogP contribution is -2.47. The van der Waals surface area contributed by atoms with Gasteiger partial charge in [-0.1, -0.05) is 79.8 Å². The van der Waals surface area contributed by atoms with Crippen LogP contribution in [0.1, 0.15) is 72.1 Å². The van der Waals surface area contributed by atoms with Crippen LogP contribution in [0.15, 0.2) is 72.9 Å². The van der Waals surface area contributed by atoms with Crippen LogP contribution >= 0.6 is 0 Å². The quantitative estimate of drug-likeness (QED) is 0.176. The number of amides is 1. The van der Waals surface area contributed by atoms with Crippen LogP contribution in [0.5, 0.6) is 0 Å². The van der Waals surface area contributed by atoms with Crippen LogP contribution in [0.4, 0.5) is 0 Å². The number of carbonyl (C=O) groups is 3. The number of rotatable bonds is 19. The molecule has 0 saturated heterocycles. The summed E-state index contributed by atoms with van der Waals surface area (Å²) in [6, 6.07) is -1.92. The Labute approximate surface area is 223 Å². The van der Waals surface area contributed by atoms with E-state index in [1.807, 2.05) is 12.2 Å². The van der Waals surface area contributed by atoms with Crippen LogP contribution in [0.25, 0.3) is 0 Å². The second kappa shape index (κ2) is 23.2. The lowest BCUT2D eigenvalue weighted by Gasteiger charge is -2.21.